The van der Waals surface area contributed by atoms with E-state index in [0.29, 0.717) is 35.1 Å². The van der Waals surface area contributed by atoms with Gasteiger partial charge in [-0.25, -0.2) is 10.6 Å². The summed E-state index contributed by atoms with van der Waals surface area (Å²) in [6.07, 6.45) is 14.2. The third-order valence-electron chi connectivity index (χ3n) is 14.4. The molecule has 44 heavy (non-hydrogen) atoms. The number of carbonyl (C=O) groups is 2. The number of allylic oxidation sites excluding steroid dienone is 2. The van der Waals surface area contributed by atoms with Crippen molar-refractivity contribution in [3.8, 4) is 0 Å². The van der Waals surface area contributed by atoms with Crippen LogP contribution in [-0.4, -0.2) is 28.4 Å². The van der Waals surface area contributed by atoms with Crippen molar-refractivity contribution in [3.05, 3.63) is 41.5 Å². The summed E-state index contributed by atoms with van der Waals surface area (Å²) in [5.41, 5.74) is 5.87. The summed E-state index contributed by atoms with van der Waals surface area (Å²) in [4.78, 5) is 24.6. The van der Waals surface area contributed by atoms with Gasteiger partial charge in [-0.15, -0.1) is 0 Å². The van der Waals surface area contributed by atoms with E-state index < -0.39 is 5.97 Å². The van der Waals surface area contributed by atoms with Gasteiger partial charge < -0.3 is 21.7 Å². The predicted molar refractivity (Wildman–Crippen MR) is 174 cm³/mol. The van der Waals surface area contributed by atoms with Crippen LogP contribution < -0.4 is 22.4 Å². The molecule has 4 saturated carbocycles. The topological polar surface area (TPSA) is 143 Å². The Bertz CT molecular complexity index is 1390. The maximum atomic E-state index is 13.2. The van der Waals surface area contributed by atoms with Crippen molar-refractivity contribution in [1.82, 2.24) is 10.7 Å². The molecule has 0 bridgehead atoms. The van der Waals surface area contributed by atoms with Crippen LogP contribution in [0.3, 0.4) is 0 Å². The van der Waals surface area contributed by atoms with Gasteiger partial charge in [0.15, 0.2) is 0 Å². The van der Waals surface area contributed by atoms with E-state index in [9.17, 15) is 14.7 Å². The van der Waals surface area contributed by atoms with Crippen LogP contribution in [0.25, 0.3) is 5.57 Å². The highest BCUT2D eigenvalue weighted by Crippen LogP contribution is 2.76. The summed E-state index contributed by atoms with van der Waals surface area (Å²) < 4.78 is 0. The number of nitrogens with two attached hydrogens (primary N) is 2. The van der Waals surface area contributed by atoms with Crippen molar-refractivity contribution < 1.29 is 14.7 Å². The fraction of sp³-hybridized carbons (Fsp3) is 0.694. The number of benzene rings is 1. The predicted octanol–water partition coefficient (Wildman–Crippen LogP) is 6.23. The first kappa shape index (κ1) is 31.1. The number of amidine groups is 1. The Morgan fingerprint density at radius 2 is 1.64 bits per heavy atom. The molecule has 0 heterocycles. The fourth-order valence-corrected chi connectivity index (χ4v) is 12.3. The average molecular weight is 604 g/mol. The molecule has 5 aliphatic rings. The minimum atomic E-state index is -0.879. The number of nitrogens with one attached hydrogen (secondary N) is 2. The van der Waals surface area contributed by atoms with Crippen molar-refractivity contribution in [2.24, 2.45) is 62.1 Å². The maximum Gasteiger partial charge on any atom is 0.335 e. The molecule has 7 N–H and O–H groups in total. The minimum Gasteiger partial charge on any atom is -0.478 e. The number of hydrazine groups is 1. The van der Waals surface area contributed by atoms with E-state index in [4.69, 9.17) is 11.7 Å². The van der Waals surface area contributed by atoms with E-state index in [1.807, 2.05) is 12.1 Å². The lowest BCUT2D eigenvalue weighted by atomic mass is 9.33. The Labute approximate surface area is 262 Å². The molecule has 6 rings (SSSR count). The second-order valence-corrected chi connectivity index (χ2v) is 16.2. The monoisotopic (exact) mass is 603 g/mol. The molecule has 8 atom stereocenters. The summed E-state index contributed by atoms with van der Waals surface area (Å²) in [5.74, 6) is 12.6. The van der Waals surface area contributed by atoms with Gasteiger partial charge in [-0.2, -0.15) is 5.10 Å². The first-order valence-electron chi connectivity index (χ1n) is 16.8. The second-order valence-electron chi connectivity index (χ2n) is 16.2. The van der Waals surface area contributed by atoms with Crippen molar-refractivity contribution in [1.29, 1.82) is 0 Å². The molecule has 1 aromatic rings. The molecule has 0 spiro atoms. The molecule has 8 heteroatoms. The van der Waals surface area contributed by atoms with E-state index in [2.05, 4.69) is 56.5 Å². The first-order valence-corrected chi connectivity index (χ1v) is 16.8. The summed E-state index contributed by atoms with van der Waals surface area (Å²) in [5, 5.41) is 16.6. The Kier molecular flexibility index (Phi) is 7.50. The number of carboxylic acid groups (broad SMARTS) is 1. The van der Waals surface area contributed by atoms with Gasteiger partial charge in [-0.1, -0.05) is 59.2 Å². The first-order chi connectivity index (χ1) is 20.8. The van der Waals surface area contributed by atoms with Gasteiger partial charge in [-0.05, 0) is 126 Å². The smallest absolute Gasteiger partial charge is 0.335 e. The molecule has 0 aromatic heterocycles. The lowest BCUT2D eigenvalue weighted by Crippen LogP contribution is -2.67. The van der Waals surface area contributed by atoms with Gasteiger partial charge in [0, 0.05) is 5.54 Å². The molecule has 8 nitrogen and oxygen atoms in total. The van der Waals surface area contributed by atoms with Crippen LogP contribution in [0.4, 0.5) is 0 Å². The SMILES string of the molecule is CC1(C)C(c2ccc(C(=O)O)cc2)=CCC2(C)C1CCC1(C)C2CCC2C3CCCC3(NC(=O)C/C(=N/N)NN)CC[C@]21C. The summed E-state index contributed by atoms with van der Waals surface area (Å²) in [6, 6.07) is 7.50. The molecular weight excluding hydrogens is 550 g/mol. The van der Waals surface area contributed by atoms with Crippen molar-refractivity contribution in [2.45, 2.75) is 111 Å². The van der Waals surface area contributed by atoms with E-state index >= 15 is 0 Å². The van der Waals surface area contributed by atoms with Gasteiger partial charge >= 0.3 is 5.97 Å². The Morgan fingerprint density at radius 3 is 2.30 bits per heavy atom. The van der Waals surface area contributed by atoms with Crippen LogP contribution in [-0.2, 0) is 4.79 Å². The van der Waals surface area contributed by atoms with Gasteiger partial charge in [0.1, 0.15) is 5.84 Å². The van der Waals surface area contributed by atoms with Gasteiger partial charge in [0.2, 0.25) is 5.91 Å². The zero-order valence-electron chi connectivity index (χ0n) is 27.3. The molecule has 240 valence electrons. The number of hydrazone groups is 1. The quantitative estimate of drug-likeness (QED) is 0.117. The number of nitrogens with zero attached hydrogens (tertiary/aromatic N) is 1. The highest BCUT2D eigenvalue weighted by molar-refractivity contribution is 5.99. The maximum absolute atomic E-state index is 13.2. The Hall–Kier alpha value is -2.87. The zero-order chi connectivity index (χ0) is 31.7. The highest BCUT2D eigenvalue weighted by Gasteiger charge is 2.69. The molecule has 1 amide bonds. The van der Waals surface area contributed by atoms with Crippen LogP contribution in [0.2, 0.25) is 0 Å². The zero-order valence-corrected chi connectivity index (χ0v) is 27.3. The van der Waals surface area contributed by atoms with Crippen LogP contribution >= 0.6 is 0 Å². The lowest BCUT2D eigenvalue weighted by Gasteiger charge is -2.72. The van der Waals surface area contributed by atoms with Gasteiger partial charge in [-0.3, -0.25) is 4.79 Å². The third-order valence-corrected chi connectivity index (χ3v) is 14.4. The molecule has 7 unspecified atom stereocenters. The Balaban J connectivity index is 1.28. The van der Waals surface area contributed by atoms with Gasteiger partial charge in [0.05, 0.1) is 12.0 Å². The number of hydrogen-bond acceptors (Lipinski definition) is 5. The van der Waals surface area contributed by atoms with Gasteiger partial charge in [0.25, 0.3) is 0 Å². The molecule has 0 aliphatic heterocycles. The molecule has 0 radical (unpaired) electrons. The largest absolute Gasteiger partial charge is 0.478 e. The average Bonchev–Trinajstić information content (AvgIpc) is 3.39. The number of rotatable bonds is 5. The van der Waals surface area contributed by atoms with Crippen molar-refractivity contribution >= 4 is 23.3 Å². The van der Waals surface area contributed by atoms with Crippen molar-refractivity contribution in [2.75, 3.05) is 0 Å². The van der Waals surface area contributed by atoms with E-state index in [1.165, 1.54) is 44.1 Å². The molecule has 0 saturated heterocycles. The normalized spacial score (nSPS) is 40.9. The summed E-state index contributed by atoms with van der Waals surface area (Å²) >= 11 is 0. The molecule has 5 aliphatic carbocycles. The van der Waals surface area contributed by atoms with Crippen LogP contribution in [0.1, 0.15) is 121 Å². The second kappa shape index (κ2) is 10.6. The van der Waals surface area contributed by atoms with Crippen LogP contribution in [0.15, 0.2) is 35.4 Å². The molecule has 1 aromatic carbocycles. The van der Waals surface area contributed by atoms with Crippen LogP contribution in [0, 0.1) is 45.3 Å². The third kappa shape index (κ3) is 4.37. The van der Waals surface area contributed by atoms with E-state index in [1.54, 1.807) is 12.1 Å². The number of carbonyl (C=O) groups excluding carboxylic acids is 1. The van der Waals surface area contributed by atoms with E-state index in [0.717, 1.165) is 31.2 Å². The molecule has 4 fully saturated rings. The summed E-state index contributed by atoms with van der Waals surface area (Å²) in [7, 11) is 0. The van der Waals surface area contributed by atoms with E-state index in [-0.39, 0.29) is 39.5 Å². The highest BCUT2D eigenvalue weighted by atomic mass is 16.4. The number of fused-ring (bicyclic) bond motifs is 7. The lowest BCUT2D eigenvalue weighted by molar-refractivity contribution is -0.216. The van der Waals surface area contributed by atoms with Crippen LogP contribution in [0.5, 0.6) is 0 Å². The number of hydrogen-bond donors (Lipinski definition) is 5. The molecular formula is C36H53N5O3. The Morgan fingerprint density at radius 1 is 0.909 bits per heavy atom. The summed E-state index contributed by atoms with van der Waals surface area (Å²) in [6.45, 7) is 12.7. The fourth-order valence-electron chi connectivity index (χ4n) is 12.3. The number of carboxylic acids is 1. The van der Waals surface area contributed by atoms with Crippen molar-refractivity contribution in [3.63, 3.8) is 0 Å². The minimum absolute atomic E-state index is 0.00164. The number of amides is 1. The number of aromatic carboxylic acids is 1. The standard InChI is InChI=1S/C36H53N5O3/c1-32(2)24(22-8-10-23(11-9-22)31(43)44)14-17-33(3)27(32)15-18-35(5)28(33)13-12-25-26-7-6-16-36(26,20-19-34(25,35)4)39-30(42)21-29(40-37)41-38/h8-11,14,25-28H,6-7,12-13,15-21,37-38H2,1-5H3,(H,39,42)(H,40,41)(H,43,44)/t25?,26?,27?,28?,33?,34-,35?,36?/m1/s1.